The van der Waals surface area contributed by atoms with Crippen LogP contribution in [0, 0.1) is 17.1 Å². The summed E-state index contributed by atoms with van der Waals surface area (Å²) < 4.78 is 19.6. The number of nitriles is 1. The smallest absolute Gasteiger partial charge is 0.130 e. The molecule has 0 spiro atoms. The SMILES string of the molecule is C[C@@H]1CN([C@@H](C#N)c2c(F)cccc2Cl)C[C@@H](C)O1. The molecule has 0 radical (unpaired) electrons. The zero-order chi connectivity index (χ0) is 14.0. The van der Waals surface area contributed by atoms with E-state index >= 15 is 0 Å². The van der Waals surface area contributed by atoms with E-state index in [0.29, 0.717) is 18.1 Å². The summed E-state index contributed by atoms with van der Waals surface area (Å²) in [6.07, 6.45) is 0.0373. The third kappa shape index (κ3) is 3.06. The van der Waals surface area contributed by atoms with E-state index < -0.39 is 11.9 Å². The van der Waals surface area contributed by atoms with E-state index in [2.05, 4.69) is 6.07 Å². The summed E-state index contributed by atoms with van der Waals surface area (Å²) in [4.78, 5) is 1.92. The lowest BCUT2D eigenvalue weighted by Crippen LogP contribution is -2.46. The van der Waals surface area contributed by atoms with Crippen LogP contribution in [-0.2, 0) is 4.74 Å². The quantitative estimate of drug-likeness (QED) is 0.836. The lowest BCUT2D eigenvalue weighted by molar-refractivity contribution is -0.0752. The van der Waals surface area contributed by atoms with Gasteiger partial charge in [0.05, 0.1) is 18.3 Å². The Labute approximate surface area is 117 Å². The van der Waals surface area contributed by atoms with Gasteiger partial charge in [-0.1, -0.05) is 17.7 Å². The molecule has 0 amide bonds. The highest BCUT2D eigenvalue weighted by Crippen LogP contribution is 2.31. The molecule has 3 nitrogen and oxygen atoms in total. The molecule has 1 aromatic rings. The van der Waals surface area contributed by atoms with Crippen molar-refractivity contribution in [2.75, 3.05) is 13.1 Å². The standard InChI is InChI=1S/C14H16ClFN2O/c1-9-7-18(8-10(2)19-9)13(6-17)14-11(15)4-3-5-12(14)16/h3-5,9-10,13H,7-8H2,1-2H3/t9-,10-,13+/m1/s1. The maximum Gasteiger partial charge on any atom is 0.130 e. The molecule has 1 heterocycles. The second-order valence-corrected chi connectivity index (χ2v) is 5.29. The molecule has 0 aliphatic carbocycles. The highest BCUT2D eigenvalue weighted by atomic mass is 35.5. The Hall–Kier alpha value is -1.15. The first-order valence-corrected chi connectivity index (χ1v) is 6.63. The summed E-state index contributed by atoms with van der Waals surface area (Å²) in [5.74, 6) is -0.439. The van der Waals surface area contributed by atoms with Crippen LogP contribution in [0.2, 0.25) is 5.02 Å². The van der Waals surface area contributed by atoms with E-state index in [4.69, 9.17) is 16.3 Å². The van der Waals surface area contributed by atoms with Crippen LogP contribution in [0.5, 0.6) is 0 Å². The van der Waals surface area contributed by atoms with Crippen molar-refractivity contribution in [1.29, 1.82) is 5.26 Å². The van der Waals surface area contributed by atoms with Crippen LogP contribution in [0.1, 0.15) is 25.5 Å². The van der Waals surface area contributed by atoms with Crippen molar-refractivity contribution < 1.29 is 9.13 Å². The van der Waals surface area contributed by atoms with Gasteiger partial charge in [-0.15, -0.1) is 0 Å². The molecule has 0 unspecified atom stereocenters. The van der Waals surface area contributed by atoms with Crippen LogP contribution in [0.25, 0.3) is 0 Å². The number of rotatable bonds is 2. The van der Waals surface area contributed by atoms with Gasteiger partial charge in [0.2, 0.25) is 0 Å². The summed E-state index contributed by atoms with van der Waals surface area (Å²) in [7, 11) is 0. The van der Waals surface area contributed by atoms with Crippen molar-refractivity contribution in [3.63, 3.8) is 0 Å². The molecule has 2 rings (SSSR count). The molecule has 102 valence electrons. The number of benzene rings is 1. The van der Waals surface area contributed by atoms with Crippen LogP contribution >= 0.6 is 11.6 Å². The highest BCUT2D eigenvalue weighted by Gasteiger charge is 2.31. The van der Waals surface area contributed by atoms with Crippen LogP contribution in [0.3, 0.4) is 0 Å². The zero-order valence-electron chi connectivity index (χ0n) is 10.9. The second-order valence-electron chi connectivity index (χ2n) is 4.88. The van der Waals surface area contributed by atoms with E-state index in [-0.39, 0.29) is 17.8 Å². The number of nitrogens with zero attached hydrogens (tertiary/aromatic N) is 2. The van der Waals surface area contributed by atoms with E-state index in [1.54, 1.807) is 12.1 Å². The van der Waals surface area contributed by atoms with E-state index in [1.807, 2.05) is 18.7 Å². The molecule has 0 saturated carbocycles. The predicted molar refractivity (Wildman–Crippen MR) is 71.3 cm³/mol. The molecular formula is C14H16ClFN2O. The molecule has 3 atom stereocenters. The van der Waals surface area contributed by atoms with Gasteiger partial charge in [0.15, 0.2) is 0 Å². The van der Waals surface area contributed by atoms with Gasteiger partial charge in [0.25, 0.3) is 0 Å². The molecule has 1 aliphatic heterocycles. The maximum atomic E-state index is 13.9. The summed E-state index contributed by atoms with van der Waals surface area (Å²) in [5, 5.41) is 9.69. The second kappa shape index (κ2) is 5.87. The van der Waals surface area contributed by atoms with Crippen LogP contribution in [0.15, 0.2) is 18.2 Å². The van der Waals surface area contributed by atoms with E-state index in [9.17, 15) is 9.65 Å². The Balaban J connectivity index is 2.32. The number of ether oxygens (including phenoxy) is 1. The van der Waals surface area contributed by atoms with Crippen molar-refractivity contribution >= 4 is 11.6 Å². The van der Waals surface area contributed by atoms with Crippen LogP contribution < -0.4 is 0 Å². The Bertz CT molecular complexity index is 472. The summed E-state index contributed by atoms with van der Waals surface area (Å²) >= 11 is 6.05. The average Bonchev–Trinajstić information content (AvgIpc) is 2.32. The molecule has 1 fully saturated rings. The first-order chi connectivity index (χ1) is 9.02. The van der Waals surface area contributed by atoms with Gasteiger partial charge < -0.3 is 4.74 Å². The maximum absolute atomic E-state index is 13.9. The Kier molecular flexibility index (Phi) is 4.41. The van der Waals surface area contributed by atoms with Gasteiger partial charge >= 0.3 is 0 Å². The van der Waals surface area contributed by atoms with Gasteiger partial charge in [0.1, 0.15) is 11.9 Å². The lowest BCUT2D eigenvalue weighted by atomic mass is 10.0. The molecule has 0 aromatic heterocycles. The van der Waals surface area contributed by atoms with Crippen molar-refractivity contribution in [3.8, 4) is 6.07 Å². The van der Waals surface area contributed by atoms with Crippen molar-refractivity contribution in [2.24, 2.45) is 0 Å². The minimum atomic E-state index is -0.678. The number of hydrogen-bond donors (Lipinski definition) is 0. The molecule has 1 aliphatic rings. The van der Waals surface area contributed by atoms with Gasteiger partial charge in [-0.05, 0) is 26.0 Å². The lowest BCUT2D eigenvalue weighted by Gasteiger charge is -2.38. The molecule has 1 aromatic carbocycles. The highest BCUT2D eigenvalue weighted by molar-refractivity contribution is 6.31. The molecule has 0 bridgehead atoms. The first kappa shape index (κ1) is 14.3. The number of halogens is 2. The fraction of sp³-hybridized carbons (Fsp3) is 0.500. The summed E-state index contributed by atoms with van der Waals surface area (Å²) in [6.45, 7) is 5.07. The monoisotopic (exact) mass is 282 g/mol. The minimum absolute atomic E-state index is 0.0187. The number of hydrogen-bond acceptors (Lipinski definition) is 3. The molecule has 0 N–H and O–H groups in total. The predicted octanol–water partition coefficient (Wildman–Crippen LogP) is 3.15. The average molecular weight is 283 g/mol. The van der Waals surface area contributed by atoms with Crippen molar-refractivity contribution in [3.05, 3.63) is 34.6 Å². The Morgan fingerprint density at radius 2 is 2.05 bits per heavy atom. The first-order valence-electron chi connectivity index (χ1n) is 6.26. The van der Waals surface area contributed by atoms with Crippen molar-refractivity contribution in [1.82, 2.24) is 4.90 Å². The van der Waals surface area contributed by atoms with Gasteiger partial charge in [-0.25, -0.2) is 4.39 Å². The Morgan fingerprint density at radius 3 is 2.58 bits per heavy atom. The van der Waals surface area contributed by atoms with E-state index in [0.717, 1.165) is 0 Å². The molecular weight excluding hydrogens is 267 g/mol. The normalized spacial score (nSPS) is 25.8. The summed E-state index contributed by atoms with van der Waals surface area (Å²) in [5.41, 5.74) is 0.257. The fourth-order valence-corrected chi connectivity index (χ4v) is 2.80. The molecule has 5 heteroatoms. The van der Waals surface area contributed by atoms with Gasteiger partial charge in [0, 0.05) is 23.7 Å². The van der Waals surface area contributed by atoms with Crippen LogP contribution in [-0.4, -0.2) is 30.2 Å². The van der Waals surface area contributed by atoms with Crippen molar-refractivity contribution in [2.45, 2.75) is 32.1 Å². The van der Waals surface area contributed by atoms with Crippen LogP contribution in [0.4, 0.5) is 4.39 Å². The molecule has 1 saturated heterocycles. The Morgan fingerprint density at radius 1 is 1.42 bits per heavy atom. The third-order valence-electron chi connectivity index (χ3n) is 3.21. The topological polar surface area (TPSA) is 36.3 Å². The zero-order valence-corrected chi connectivity index (χ0v) is 11.7. The number of morpholine rings is 1. The minimum Gasteiger partial charge on any atom is -0.373 e. The third-order valence-corrected chi connectivity index (χ3v) is 3.54. The fourth-order valence-electron chi connectivity index (χ4n) is 2.53. The van der Waals surface area contributed by atoms with Gasteiger partial charge in [-0.3, -0.25) is 4.90 Å². The molecule has 19 heavy (non-hydrogen) atoms. The van der Waals surface area contributed by atoms with Gasteiger partial charge in [-0.2, -0.15) is 5.26 Å². The largest absolute Gasteiger partial charge is 0.373 e. The van der Waals surface area contributed by atoms with E-state index in [1.165, 1.54) is 6.07 Å². The summed E-state index contributed by atoms with van der Waals surface area (Å²) in [6, 6.07) is 5.96.